The Morgan fingerprint density at radius 3 is 3.00 bits per heavy atom. The van der Waals surface area contributed by atoms with Crippen molar-refractivity contribution in [3.63, 3.8) is 0 Å². The van der Waals surface area contributed by atoms with Gasteiger partial charge >= 0.3 is 0 Å². The van der Waals surface area contributed by atoms with Crippen LogP contribution in [0.1, 0.15) is 12.8 Å². The van der Waals surface area contributed by atoms with Crippen LogP contribution in [0.4, 0.5) is 11.8 Å². The third-order valence-electron chi connectivity index (χ3n) is 2.29. The van der Waals surface area contributed by atoms with Gasteiger partial charge in [0.05, 0.1) is 6.61 Å². The van der Waals surface area contributed by atoms with E-state index in [1.165, 1.54) is 12.8 Å². The number of ether oxygens (including phenoxy) is 1. The Hall–Kier alpha value is -0.880. The summed E-state index contributed by atoms with van der Waals surface area (Å²) in [6.45, 7) is 2.25. The summed E-state index contributed by atoms with van der Waals surface area (Å²) >= 11 is 3.26. The Morgan fingerprint density at radius 1 is 1.50 bits per heavy atom. The molecule has 0 aromatic carbocycles. The lowest BCUT2D eigenvalue weighted by atomic mass is 10.5. The van der Waals surface area contributed by atoms with Gasteiger partial charge in [0.2, 0.25) is 5.95 Å². The van der Waals surface area contributed by atoms with Gasteiger partial charge in [0.1, 0.15) is 10.4 Å². The van der Waals surface area contributed by atoms with Gasteiger partial charge in [0.25, 0.3) is 0 Å². The predicted molar refractivity (Wildman–Crippen MR) is 66.2 cm³/mol. The van der Waals surface area contributed by atoms with Gasteiger partial charge in [-0.2, -0.15) is 4.98 Å². The minimum Gasteiger partial charge on any atom is -0.383 e. The van der Waals surface area contributed by atoms with Gasteiger partial charge < -0.3 is 15.8 Å². The van der Waals surface area contributed by atoms with Crippen LogP contribution in [0.15, 0.2) is 10.7 Å². The summed E-state index contributed by atoms with van der Waals surface area (Å²) in [5.74, 6) is 1.78. The van der Waals surface area contributed by atoms with E-state index in [1.807, 2.05) is 0 Å². The van der Waals surface area contributed by atoms with Crippen molar-refractivity contribution >= 4 is 27.7 Å². The Balaban J connectivity index is 1.67. The van der Waals surface area contributed by atoms with Crippen LogP contribution in [0.25, 0.3) is 0 Å². The second-order valence-corrected chi connectivity index (χ2v) is 4.70. The van der Waals surface area contributed by atoms with Crippen molar-refractivity contribution in [2.24, 2.45) is 5.92 Å². The van der Waals surface area contributed by atoms with E-state index >= 15 is 0 Å². The van der Waals surface area contributed by atoms with E-state index in [0.717, 1.165) is 12.5 Å². The van der Waals surface area contributed by atoms with Crippen LogP contribution >= 0.6 is 15.9 Å². The Bertz CT molecular complexity index is 336. The standard InChI is InChI=1S/C10H15BrN4O/c11-8-5-9(12)15-10(14-8)13-3-4-16-6-7-1-2-7/h5,7H,1-4,6H2,(H3,12,13,14,15). The first kappa shape index (κ1) is 11.6. The molecule has 0 spiro atoms. The molecule has 0 atom stereocenters. The van der Waals surface area contributed by atoms with Gasteiger partial charge in [0.15, 0.2) is 0 Å². The van der Waals surface area contributed by atoms with Crippen molar-refractivity contribution in [3.05, 3.63) is 10.7 Å². The SMILES string of the molecule is Nc1cc(Br)nc(NCCOCC2CC2)n1. The fraction of sp³-hybridized carbons (Fsp3) is 0.600. The van der Waals surface area contributed by atoms with E-state index in [4.69, 9.17) is 10.5 Å². The maximum atomic E-state index is 5.59. The number of hydrogen-bond donors (Lipinski definition) is 2. The molecule has 2 rings (SSSR count). The van der Waals surface area contributed by atoms with E-state index in [0.29, 0.717) is 29.5 Å². The van der Waals surface area contributed by atoms with Crippen molar-refractivity contribution in [1.82, 2.24) is 9.97 Å². The number of nitrogens with zero attached hydrogens (tertiary/aromatic N) is 2. The molecule has 1 aromatic heterocycles. The minimum atomic E-state index is 0.447. The molecule has 0 bridgehead atoms. The third-order valence-corrected chi connectivity index (χ3v) is 2.70. The van der Waals surface area contributed by atoms with E-state index in [-0.39, 0.29) is 0 Å². The van der Waals surface area contributed by atoms with Gasteiger partial charge in [-0.3, -0.25) is 0 Å². The molecule has 0 saturated heterocycles. The molecule has 1 saturated carbocycles. The van der Waals surface area contributed by atoms with E-state index in [2.05, 4.69) is 31.2 Å². The molecule has 0 unspecified atom stereocenters. The Morgan fingerprint density at radius 2 is 2.31 bits per heavy atom. The summed E-state index contributed by atoms with van der Waals surface area (Å²) in [4.78, 5) is 8.19. The van der Waals surface area contributed by atoms with Crippen molar-refractivity contribution < 1.29 is 4.74 Å². The summed E-state index contributed by atoms with van der Waals surface area (Å²) in [6.07, 6.45) is 2.64. The normalized spacial score (nSPS) is 15.1. The zero-order chi connectivity index (χ0) is 11.4. The summed E-state index contributed by atoms with van der Waals surface area (Å²) in [5.41, 5.74) is 5.59. The molecule has 0 amide bonds. The highest BCUT2D eigenvalue weighted by Crippen LogP contribution is 2.28. The molecule has 0 aliphatic heterocycles. The zero-order valence-corrected chi connectivity index (χ0v) is 10.5. The molecule has 0 radical (unpaired) electrons. The second kappa shape index (κ2) is 5.45. The van der Waals surface area contributed by atoms with Gasteiger partial charge in [-0.25, -0.2) is 4.98 Å². The van der Waals surface area contributed by atoms with Crippen LogP contribution in [0.5, 0.6) is 0 Å². The molecule has 1 aromatic rings. The molecule has 3 N–H and O–H groups in total. The number of nitrogen functional groups attached to an aromatic ring is 1. The average molecular weight is 287 g/mol. The molecule has 6 heteroatoms. The first-order valence-corrected chi connectivity index (χ1v) is 6.15. The summed E-state index contributed by atoms with van der Waals surface area (Å²) in [6, 6.07) is 1.66. The maximum Gasteiger partial charge on any atom is 0.225 e. The lowest BCUT2D eigenvalue weighted by Crippen LogP contribution is -2.13. The molecule has 1 heterocycles. The van der Waals surface area contributed by atoms with Gasteiger partial charge in [-0.05, 0) is 34.7 Å². The predicted octanol–water partition coefficient (Wildman–Crippen LogP) is 1.66. The first-order valence-electron chi connectivity index (χ1n) is 5.36. The topological polar surface area (TPSA) is 73.1 Å². The molecule has 1 fully saturated rings. The molecule has 5 nitrogen and oxygen atoms in total. The summed E-state index contributed by atoms with van der Waals surface area (Å²) in [5, 5.41) is 3.06. The lowest BCUT2D eigenvalue weighted by molar-refractivity contribution is 0.133. The smallest absolute Gasteiger partial charge is 0.225 e. The van der Waals surface area contributed by atoms with E-state index < -0.39 is 0 Å². The molecule has 16 heavy (non-hydrogen) atoms. The zero-order valence-electron chi connectivity index (χ0n) is 8.95. The van der Waals surface area contributed by atoms with Gasteiger partial charge in [-0.15, -0.1) is 0 Å². The van der Waals surface area contributed by atoms with Crippen LogP contribution in [0.3, 0.4) is 0 Å². The van der Waals surface area contributed by atoms with E-state index in [9.17, 15) is 0 Å². The maximum absolute atomic E-state index is 5.59. The second-order valence-electron chi connectivity index (χ2n) is 3.88. The fourth-order valence-corrected chi connectivity index (χ4v) is 1.69. The highest BCUT2D eigenvalue weighted by Gasteiger charge is 2.20. The van der Waals surface area contributed by atoms with Crippen LogP contribution in [-0.2, 0) is 4.74 Å². The first-order chi connectivity index (χ1) is 7.74. The van der Waals surface area contributed by atoms with Crippen molar-refractivity contribution in [3.8, 4) is 0 Å². The van der Waals surface area contributed by atoms with Crippen molar-refractivity contribution in [1.29, 1.82) is 0 Å². The van der Waals surface area contributed by atoms with Crippen LogP contribution in [0.2, 0.25) is 0 Å². The number of rotatable bonds is 6. The monoisotopic (exact) mass is 286 g/mol. The highest BCUT2D eigenvalue weighted by molar-refractivity contribution is 9.10. The molecule has 88 valence electrons. The number of aromatic nitrogens is 2. The van der Waals surface area contributed by atoms with Crippen LogP contribution in [-0.4, -0.2) is 29.7 Å². The van der Waals surface area contributed by atoms with Crippen molar-refractivity contribution in [2.45, 2.75) is 12.8 Å². The van der Waals surface area contributed by atoms with E-state index in [1.54, 1.807) is 6.07 Å². The van der Waals surface area contributed by atoms with Crippen LogP contribution < -0.4 is 11.1 Å². The highest BCUT2D eigenvalue weighted by atomic mass is 79.9. The summed E-state index contributed by atoms with van der Waals surface area (Å²) in [7, 11) is 0. The molecular weight excluding hydrogens is 272 g/mol. The third kappa shape index (κ3) is 3.94. The quantitative estimate of drug-likeness (QED) is 0.615. The summed E-state index contributed by atoms with van der Waals surface area (Å²) < 4.78 is 6.16. The number of hydrogen-bond acceptors (Lipinski definition) is 5. The lowest BCUT2D eigenvalue weighted by Gasteiger charge is -2.06. The molecule has 1 aliphatic carbocycles. The van der Waals surface area contributed by atoms with Gasteiger partial charge in [-0.1, -0.05) is 0 Å². The number of anilines is 2. The fourth-order valence-electron chi connectivity index (χ4n) is 1.28. The van der Waals surface area contributed by atoms with Crippen molar-refractivity contribution in [2.75, 3.05) is 30.8 Å². The number of halogens is 1. The largest absolute Gasteiger partial charge is 0.383 e. The number of nitrogens with two attached hydrogens (primary N) is 1. The van der Waals surface area contributed by atoms with Gasteiger partial charge in [0, 0.05) is 19.2 Å². The van der Waals surface area contributed by atoms with Crippen LogP contribution in [0, 0.1) is 5.92 Å². The molecular formula is C10H15BrN4O. The Labute approximate surface area is 103 Å². The molecule has 1 aliphatic rings. The Kier molecular flexibility index (Phi) is 3.95. The number of nitrogens with one attached hydrogen (secondary N) is 1. The average Bonchev–Trinajstić information content (AvgIpc) is 2.99. The minimum absolute atomic E-state index is 0.447.